The molecule has 0 aliphatic carbocycles. The first-order valence-electron chi connectivity index (χ1n) is 8.42. The Balaban J connectivity index is 2.00. The highest BCUT2D eigenvalue weighted by atomic mass is 19.1. The molecule has 128 valence electrons. The van der Waals surface area contributed by atoms with E-state index in [0.717, 1.165) is 28.0 Å². The largest absolute Gasteiger partial charge is 0.277 e. The number of halogens is 1. The van der Waals surface area contributed by atoms with Crippen molar-refractivity contribution < 1.29 is 4.39 Å². The Bertz CT molecular complexity index is 1030. The highest BCUT2D eigenvalue weighted by Gasteiger charge is 2.45. The zero-order valence-electron chi connectivity index (χ0n) is 15.1. The molecular formula is C20H21FN4. The number of aliphatic imine (C=N–C) groups is 1. The van der Waals surface area contributed by atoms with Gasteiger partial charge in [-0.15, -0.1) is 0 Å². The van der Waals surface area contributed by atoms with E-state index in [9.17, 15) is 4.39 Å². The fraction of sp³-hybridized carbons (Fsp3) is 0.350. The van der Waals surface area contributed by atoms with Crippen molar-refractivity contribution in [1.82, 2.24) is 14.6 Å². The van der Waals surface area contributed by atoms with Crippen LogP contribution < -0.4 is 0 Å². The third kappa shape index (κ3) is 2.15. The number of nitrogens with zero attached hydrogens (tertiary/aromatic N) is 4. The number of aromatic nitrogens is 3. The Labute approximate surface area is 146 Å². The minimum atomic E-state index is -0.452. The van der Waals surface area contributed by atoms with Crippen molar-refractivity contribution >= 4 is 11.4 Å². The monoisotopic (exact) mass is 336 g/mol. The number of aryl methyl sites for hydroxylation is 1. The van der Waals surface area contributed by atoms with E-state index in [-0.39, 0.29) is 5.82 Å². The van der Waals surface area contributed by atoms with E-state index in [1.807, 2.05) is 46.9 Å². The molecule has 3 aromatic rings. The van der Waals surface area contributed by atoms with Crippen molar-refractivity contribution in [3.8, 4) is 0 Å². The molecule has 0 unspecified atom stereocenters. The van der Waals surface area contributed by atoms with Gasteiger partial charge >= 0.3 is 0 Å². The maximum absolute atomic E-state index is 14.8. The van der Waals surface area contributed by atoms with E-state index < -0.39 is 11.0 Å². The molecule has 2 aromatic heterocycles. The van der Waals surface area contributed by atoms with Crippen LogP contribution in [0.2, 0.25) is 0 Å². The third-order valence-electron chi connectivity index (χ3n) is 5.62. The van der Waals surface area contributed by atoms with E-state index in [2.05, 4.69) is 10.1 Å². The van der Waals surface area contributed by atoms with Gasteiger partial charge in [-0.25, -0.2) is 13.9 Å². The lowest BCUT2D eigenvalue weighted by Gasteiger charge is -2.44. The summed E-state index contributed by atoms with van der Waals surface area (Å²) >= 11 is 0. The molecule has 0 saturated carbocycles. The molecule has 0 saturated heterocycles. The molecule has 0 spiro atoms. The lowest BCUT2D eigenvalue weighted by molar-refractivity contribution is 0.293. The second kappa shape index (κ2) is 4.97. The number of fused-ring (bicyclic) bond motifs is 2. The quantitative estimate of drug-likeness (QED) is 0.672. The second-order valence-electron chi connectivity index (χ2n) is 7.75. The van der Waals surface area contributed by atoms with Gasteiger partial charge in [-0.1, -0.05) is 26.0 Å². The molecule has 4 rings (SSSR count). The van der Waals surface area contributed by atoms with Crippen molar-refractivity contribution in [2.24, 2.45) is 4.99 Å². The summed E-state index contributed by atoms with van der Waals surface area (Å²) in [6.07, 6.45) is 5.50. The van der Waals surface area contributed by atoms with Crippen LogP contribution in [-0.2, 0) is 5.41 Å². The van der Waals surface area contributed by atoms with E-state index in [1.54, 1.807) is 23.0 Å². The molecule has 0 amide bonds. The van der Waals surface area contributed by atoms with Gasteiger partial charge in [0.2, 0.25) is 0 Å². The average molecular weight is 336 g/mol. The Morgan fingerprint density at radius 2 is 1.84 bits per heavy atom. The first-order chi connectivity index (χ1) is 11.7. The topological polar surface area (TPSA) is 42.5 Å². The smallest absolute Gasteiger partial charge is 0.157 e. The van der Waals surface area contributed by atoms with Crippen LogP contribution >= 0.6 is 0 Å². The SMILES string of the molecule is Cc1cnn2cc(C3=NC(C)(C)C(C)(C)c4c(F)cccc43)cnc12. The predicted molar refractivity (Wildman–Crippen MR) is 96.9 cm³/mol. The second-order valence-corrected chi connectivity index (χ2v) is 7.75. The molecule has 0 bridgehead atoms. The van der Waals surface area contributed by atoms with Crippen LogP contribution in [-0.4, -0.2) is 25.8 Å². The molecule has 0 radical (unpaired) electrons. The molecule has 1 aliphatic rings. The molecular weight excluding hydrogens is 315 g/mol. The molecule has 1 aliphatic heterocycles. The highest BCUT2D eigenvalue weighted by molar-refractivity contribution is 6.14. The van der Waals surface area contributed by atoms with Crippen molar-refractivity contribution in [3.63, 3.8) is 0 Å². The lowest BCUT2D eigenvalue weighted by Crippen LogP contribution is -2.46. The third-order valence-corrected chi connectivity index (χ3v) is 5.62. The number of hydrogen-bond acceptors (Lipinski definition) is 3. The van der Waals surface area contributed by atoms with Crippen LogP contribution in [0.15, 0.2) is 41.8 Å². The Morgan fingerprint density at radius 1 is 1.08 bits per heavy atom. The summed E-state index contributed by atoms with van der Waals surface area (Å²) in [5.41, 5.74) is 4.11. The summed E-state index contributed by atoms with van der Waals surface area (Å²) in [6, 6.07) is 5.20. The van der Waals surface area contributed by atoms with Gasteiger partial charge in [-0.05, 0) is 26.8 Å². The minimum Gasteiger partial charge on any atom is -0.277 e. The lowest BCUT2D eigenvalue weighted by atomic mass is 9.65. The molecule has 0 fully saturated rings. The Morgan fingerprint density at radius 3 is 2.60 bits per heavy atom. The van der Waals surface area contributed by atoms with Gasteiger partial charge in [0.1, 0.15) is 5.82 Å². The maximum Gasteiger partial charge on any atom is 0.157 e. The number of hydrogen-bond donors (Lipinski definition) is 0. The van der Waals surface area contributed by atoms with Gasteiger partial charge in [0, 0.05) is 40.1 Å². The summed E-state index contributed by atoms with van der Waals surface area (Å²) < 4.78 is 16.5. The van der Waals surface area contributed by atoms with Crippen LogP contribution in [0.25, 0.3) is 5.65 Å². The summed E-state index contributed by atoms with van der Waals surface area (Å²) in [6.45, 7) is 10.2. The zero-order chi connectivity index (χ0) is 18.0. The molecule has 1 aromatic carbocycles. The molecule has 0 N–H and O–H groups in total. The standard InChI is InChI=1S/C20H21FN4/c1-12-9-23-25-11-13(10-22-18(12)25)17-14-7-6-8-15(21)16(14)19(2,3)20(4,5)24-17/h6-11H,1-5H3. The van der Waals surface area contributed by atoms with Gasteiger partial charge in [-0.3, -0.25) is 4.99 Å². The van der Waals surface area contributed by atoms with Crippen molar-refractivity contribution in [1.29, 1.82) is 0 Å². The van der Waals surface area contributed by atoms with Gasteiger partial charge in [0.05, 0.1) is 17.4 Å². The minimum absolute atomic E-state index is 0.188. The maximum atomic E-state index is 14.8. The average Bonchev–Trinajstić information content (AvgIpc) is 2.92. The first kappa shape index (κ1) is 15.9. The fourth-order valence-electron chi connectivity index (χ4n) is 3.48. The Kier molecular flexibility index (Phi) is 3.17. The van der Waals surface area contributed by atoms with Gasteiger partial charge in [0.15, 0.2) is 5.65 Å². The van der Waals surface area contributed by atoms with E-state index in [1.165, 1.54) is 6.07 Å². The highest BCUT2D eigenvalue weighted by Crippen LogP contribution is 2.44. The summed E-state index contributed by atoms with van der Waals surface area (Å²) in [4.78, 5) is 9.52. The van der Waals surface area contributed by atoms with E-state index in [0.29, 0.717) is 5.56 Å². The first-order valence-corrected chi connectivity index (χ1v) is 8.42. The van der Waals surface area contributed by atoms with Crippen LogP contribution in [0.5, 0.6) is 0 Å². The van der Waals surface area contributed by atoms with Gasteiger partial charge < -0.3 is 0 Å². The predicted octanol–water partition coefficient (Wildman–Crippen LogP) is 4.08. The van der Waals surface area contributed by atoms with E-state index >= 15 is 0 Å². The van der Waals surface area contributed by atoms with Crippen molar-refractivity contribution in [3.05, 3.63) is 64.9 Å². The zero-order valence-corrected chi connectivity index (χ0v) is 15.1. The fourth-order valence-corrected chi connectivity index (χ4v) is 3.48. The number of benzene rings is 1. The summed E-state index contributed by atoms with van der Waals surface area (Å²) in [5.74, 6) is -0.188. The van der Waals surface area contributed by atoms with Crippen LogP contribution in [0.4, 0.5) is 4.39 Å². The molecule has 4 nitrogen and oxygen atoms in total. The molecule has 25 heavy (non-hydrogen) atoms. The van der Waals surface area contributed by atoms with Gasteiger partial charge in [0.25, 0.3) is 0 Å². The summed E-state index contributed by atoms with van der Waals surface area (Å²) in [5, 5.41) is 4.34. The molecule has 5 heteroatoms. The molecule has 3 heterocycles. The van der Waals surface area contributed by atoms with Gasteiger partial charge in [-0.2, -0.15) is 5.10 Å². The van der Waals surface area contributed by atoms with Crippen LogP contribution in [0.3, 0.4) is 0 Å². The van der Waals surface area contributed by atoms with Crippen LogP contribution in [0.1, 0.15) is 49.9 Å². The van der Waals surface area contributed by atoms with Crippen molar-refractivity contribution in [2.45, 2.75) is 45.6 Å². The normalized spacial score (nSPS) is 18.1. The summed E-state index contributed by atoms with van der Waals surface area (Å²) in [7, 11) is 0. The number of rotatable bonds is 1. The molecule has 0 atom stereocenters. The van der Waals surface area contributed by atoms with Crippen molar-refractivity contribution in [2.75, 3.05) is 0 Å². The van der Waals surface area contributed by atoms with Crippen LogP contribution in [0, 0.1) is 12.7 Å². The Hall–Kier alpha value is -2.56. The van der Waals surface area contributed by atoms with E-state index in [4.69, 9.17) is 4.99 Å².